The van der Waals surface area contributed by atoms with E-state index in [9.17, 15) is 14.9 Å². The molecule has 0 radical (unpaired) electrons. The van der Waals surface area contributed by atoms with E-state index >= 15 is 0 Å². The number of benzene rings is 1. The molecule has 17 heavy (non-hydrogen) atoms. The van der Waals surface area contributed by atoms with Crippen molar-refractivity contribution in [3.63, 3.8) is 0 Å². The molecule has 6 heteroatoms. The zero-order valence-corrected chi connectivity index (χ0v) is 9.39. The van der Waals surface area contributed by atoms with E-state index in [1.807, 2.05) is 0 Å². The summed E-state index contributed by atoms with van der Waals surface area (Å²) in [5.41, 5.74) is 6.25. The van der Waals surface area contributed by atoms with Crippen LogP contribution in [0.1, 0.15) is 12.0 Å². The van der Waals surface area contributed by atoms with Crippen LogP contribution in [0.3, 0.4) is 0 Å². The van der Waals surface area contributed by atoms with Gasteiger partial charge in [-0.3, -0.25) is 14.9 Å². The van der Waals surface area contributed by atoms with Gasteiger partial charge in [-0.1, -0.05) is 12.1 Å². The van der Waals surface area contributed by atoms with Crippen LogP contribution in [0, 0.1) is 10.1 Å². The molecule has 0 aliphatic carbocycles. The Morgan fingerprint density at radius 3 is 2.53 bits per heavy atom. The van der Waals surface area contributed by atoms with Gasteiger partial charge in [0.2, 0.25) is 5.91 Å². The van der Waals surface area contributed by atoms with Crippen molar-refractivity contribution in [2.75, 3.05) is 13.1 Å². The van der Waals surface area contributed by atoms with Crippen LogP contribution < -0.4 is 11.1 Å². The number of nitrogens with zero attached hydrogens (tertiary/aromatic N) is 1. The van der Waals surface area contributed by atoms with E-state index in [1.54, 1.807) is 12.1 Å². The van der Waals surface area contributed by atoms with Gasteiger partial charge in [0.25, 0.3) is 5.69 Å². The number of non-ortho nitro benzene ring substituents is 1. The second-order valence-corrected chi connectivity index (χ2v) is 3.56. The average molecular weight is 237 g/mol. The molecule has 1 aromatic carbocycles. The number of hydrogen-bond donors (Lipinski definition) is 2. The number of carbonyl (C=O) groups excluding carboxylic acids is 1. The Balaban J connectivity index is 2.37. The van der Waals surface area contributed by atoms with E-state index in [2.05, 4.69) is 5.32 Å². The van der Waals surface area contributed by atoms with Gasteiger partial charge in [-0.05, 0) is 12.0 Å². The van der Waals surface area contributed by atoms with Crippen LogP contribution in [0.2, 0.25) is 0 Å². The summed E-state index contributed by atoms with van der Waals surface area (Å²) in [7, 11) is 0. The first kappa shape index (κ1) is 13.1. The minimum Gasteiger partial charge on any atom is -0.356 e. The van der Waals surface area contributed by atoms with Gasteiger partial charge in [-0.2, -0.15) is 0 Å². The molecule has 0 spiro atoms. The van der Waals surface area contributed by atoms with Gasteiger partial charge in [-0.15, -0.1) is 0 Å². The Morgan fingerprint density at radius 2 is 2.00 bits per heavy atom. The van der Waals surface area contributed by atoms with Crippen molar-refractivity contribution in [3.05, 3.63) is 39.9 Å². The molecule has 0 aliphatic heterocycles. The number of amides is 1. The predicted octanol–water partition coefficient (Wildman–Crippen LogP) is 0.602. The summed E-state index contributed by atoms with van der Waals surface area (Å²) in [5.74, 6) is -0.0746. The lowest BCUT2D eigenvalue weighted by atomic mass is 10.1. The number of rotatable bonds is 6. The van der Waals surface area contributed by atoms with Gasteiger partial charge < -0.3 is 11.1 Å². The second kappa shape index (κ2) is 6.59. The molecule has 0 atom stereocenters. The highest BCUT2D eigenvalue weighted by Gasteiger charge is 2.04. The highest BCUT2D eigenvalue weighted by atomic mass is 16.6. The molecule has 92 valence electrons. The highest BCUT2D eigenvalue weighted by Crippen LogP contribution is 2.11. The fourth-order valence-corrected chi connectivity index (χ4v) is 1.35. The summed E-state index contributed by atoms with van der Waals surface area (Å²) in [6.45, 7) is 0.847. The topological polar surface area (TPSA) is 98.3 Å². The molecule has 0 unspecified atom stereocenters. The maximum absolute atomic E-state index is 11.1. The molecule has 0 saturated carbocycles. The second-order valence-electron chi connectivity index (χ2n) is 3.56. The van der Waals surface area contributed by atoms with Gasteiger partial charge >= 0.3 is 0 Å². The fourth-order valence-electron chi connectivity index (χ4n) is 1.35. The summed E-state index contributed by atoms with van der Waals surface area (Å²) in [4.78, 5) is 21.1. The summed E-state index contributed by atoms with van der Waals surface area (Å²) >= 11 is 0. The summed E-state index contributed by atoms with van der Waals surface area (Å²) < 4.78 is 0. The number of nitro benzene ring substituents is 1. The van der Waals surface area contributed by atoms with Gasteiger partial charge in [0, 0.05) is 31.6 Å². The Morgan fingerprint density at radius 1 is 1.35 bits per heavy atom. The minimum atomic E-state index is -0.438. The maximum atomic E-state index is 11.1. The summed E-state index contributed by atoms with van der Waals surface area (Å²) in [5, 5.41) is 13.1. The van der Waals surface area contributed by atoms with Crippen LogP contribution in [-0.2, 0) is 11.2 Å². The zero-order valence-electron chi connectivity index (χ0n) is 9.39. The first-order chi connectivity index (χ1) is 8.13. The van der Waals surface area contributed by atoms with Crippen molar-refractivity contribution < 1.29 is 9.72 Å². The van der Waals surface area contributed by atoms with E-state index in [4.69, 9.17) is 5.73 Å². The first-order valence-corrected chi connectivity index (χ1v) is 5.33. The Kier molecular flexibility index (Phi) is 5.09. The molecular formula is C11H15N3O3. The lowest BCUT2D eigenvalue weighted by Crippen LogP contribution is -2.27. The highest BCUT2D eigenvalue weighted by molar-refractivity contribution is 5.75. The van der Waals surface area contributed by atoms with Crippen molar-refractivity contribution in [1.29, 1.82) is 0 Å². The van der Waals surface area contributed by atoms with E-state index in [-0.39, 0.29) is 11.6 Å². The minimum absolute atomic E-state index is 0.0703. The zero-order chi connectivity index (χ0) is 12.7. The standard InChI is InChI=1S/C11H15N3O3/c12-7-5-11(15)13-8-6-9-1-3-10(4-2-9)14(16)17/h1-4H,5-8,12H2,(H,13,15). The van der Waals surface area contributed by atoms with Crippen LogP contribution in [0.15, 0.2) is 24.3 Å². The number of hydrogen-bond acceptors (Lipinski definition) is 4. The van der Waals surface area contributed by atoms with Crippen LogP contribution in [0.5, 0.6) is 0 Å². The Bertz CT molecular complexity index is 389. The van der Waals surface area contributed by atoms with E-state index in [1.165, 1.54) is 12.1 Å². The number of nitro groups is 1. The van der Waals surface area contributed by atoms with Crippen molar-refractivity contribution in [2.24, 2.45) is 5.73 Å². The third kappa shape index (κ3) is 4.60. The smallest absolute Gasteiger partial charge is 0.269 e. The van der Waals surface area contributed by atoms with E-state index < -0.39 is 4.92 Å². The number of nitrogens with two attached hydrogens (primary N) is 1. The lowest BCUT2D eigenvalue weighted by molar-refractivity contribution is -0.384. The number of carbonyl (C=O) groups is 1. The molecule has 0 aromatic heterocycles. The van der Waals surface area contributed by atoms with Crippen LogP contribution in [0.4, 0.5) is 5.69 Å². The van der Waals surface area contributed by atoms with E-state index in [0.29, 0.717) is 25.9 Å². The number of nitrogens with one attached hydrogen (secondary N) is 1. The average Bonchev–Trinajstić information content (AvgIpc) is 2.30. The van der Waals surface area contributed by atoms with Gasteiger partial charge in [0.05, 0.1) is 4.92 Å². The largest absolute Gasteiger partial charge is 0.356 e. The Hall–Kier alpha value is -1.95. The molecule has 0 saturated heterocycles. The van der Waals surface area contributed by atoms with Gasteiger partial charge in [0.1, 0.15) is 0 Å². The molecule has 3 N–H and O–H groups in total. The van der Waals surface area contributed by atoms with Crippen molar-refractivity contribution in [1.82, 2.24) is 5.32 Å². The first-order valence-electron chi connectivity index (χ1n) is 5.33. The summed E-state index contributed by atoms with van der Waals surface area (Å²) in [6.07, 6.45) is 0.967. The van der Waals surface area contributed by atoms with Crippen LogP contribution >= 0.6 is 0 Å². The molecular weight excluding hydrogens is 222 g/mol. The van der Waals surface area contributed by atoms with Crippen molar-refractivity contribution >= 4 is 11.6 Å². The third-order valence-electron chi connectivity index (χ3n) is 2.25. The molecule has 1 amide bonds. The van der Waals surface area contributed by atoms with Crippen molar-refractivity contribution in [2.45, 2.75) is 12.8 Å². The predicted molar refractivity (Wildman–Crippen MR) is 63.5 cm³/mol. The summed E-state index contributed by atoms with van der Waals surface area (Å²) in [6, 6.07) is 6.29. The van der Waals surface area contributed by atoms with Gasteiger partial charge in [-0.25, -0.2) is 0 Å². The molecule has 0 bridgehead atoms. The molecule has 0 fully saturated rings. The fraction of sp³-hybridized carbons (Fsp3) is 0.364. The maximum Gasteiger partial charge on any atom is 0.269 e. The Labute approximate surface area is 99.0 Å². The van der Waals surface area contributed by atoms with Crippen molar-refractivity contribution in [3.8, 4) is 0 Å². The third-order valence-corrected chi connectivity index (χ3v) is 2.25. The molecule has 1 aromatic rings. The van der Waals surface area contributed by atoms with Crippen LogP contribution in [-0.4, -0.2) is 23.9 Å². The van der Waals surface area contributed by atoms with E-state index in [0.717, 1.165) is 5.56 Å². The van der Waals surface area contributed by atoms with Gasteiger partial charge in [0.15, 0.2) is 0 Å². The quantitative estimate of drug-likeness (QED) is 0.559. The van der Waals surface area contributed by atoms with Crippen LogP contribution in [0.25, 0.3) is 0 Å². The normalized spacial score (nSPS) is 9.94. The lowest BCUT2D eigenvalue weighted by Gasteiger charge is -2.04. The monoisotopic (exact) mass is 237 g/mol. The molecule has 1 rings (SSSR count). The SMILES string of the molecule is NCCC(=O)NCCc1ccc([N+](=O)[O-])cc1. The molecule has 6 nitrogen and oxygen atoms in total. The molecule has 0 aliphatic rings. The molecule has 0 heterocycles.